The summed E-state index contributed by atoms with van der Waals surface area (Å²) >= 11 is 0. The van der Waals surface area contributed by atoms with E-state index in [0.717, 1.165) is 42.7 Å². The predicted molar refractivity (Wildman–Crippen MR) is 123 cm³/mol. The zero-order valence-electron chi connectivity index (χ0n) is 18.4. The molecule has 164 valence electrons. The molecule has 2 aromatic rings. The van der Waals surface area contributed by atoms with E-state index < -0.39 is 5.82 Å². The fourth-order valence-corrected chi connectivity index (χ4v) is 4.61. The van der Waals surface area contributed by atoms with Crippen molar-refractivity contribution in [3.05, 3.63) is 65.0 Å². The predicted octanol–water partition coefficient (Wildman–Crippen LogP) is 4.17. The van der Waals surface area contributed by atoms with Crippen molar-refractivity contribution in [2.75, 3.05) is 37.7 Å². The first-order valence-electron chi connectivity index (χ1n) is 11.3. The van der Waals surface area contributed by atoms with Crippen LogP contribution in [0.25, 0.3) is 0 Å². The highest BCUT2D eigenvalue weighted by Crippen LogP contribution is 2.25. The van der Waals surface area contributed by atoms with E-state index in [4.69, 9.17) is 0 Å². The fraction of sp³-hybridized carbons (Fsp3) is 0.440. The molecule has 0 bridgehead atoms. The Bertz CT molecular complexity index is 960. The van der Waals surface area contributed by atoms with Crippen LogP contribution in [0.1, 0.15) is 48.2 Å². The summed E-state index contributed by atoms with van der Waals surface area (Å²) in [5.74, 6) is -0.652. The quantitative estimate of drug-likeness (QED) is 0.702. The molecule has 1 saturated heterocycles. The number of anilines is 1. The zero-order chi connectivity index (χ0) is 21.8. The second-order valence-electron chi connectivity index (χ2n) is 8.37. The number of fused-ring (bicyclic) bond motifs is 1. The van der Waals surface area contributed by atoms with Gasteiger partial charge in [-0.3, -0.25) is 14.7 Å². The molecule has 0 radical (unpaired) electrons. The molecule has 0 spiro atoms. The number of rotatable bonds is 6. The summed E-state index contributed by atoms with van der Waals surface area (Å²) < 4.78 is 14.7. The molecular formula is C25H31FN4O. The van der Waals surface area contributed by atoms with E-state index >= 15 is 0 Å². The number of piperazine rings is 1. The number of carbonyl (C=O) groups is 1. The normalized spacial score (nSPS) is 18.9. The third kappa shape index (κ3) is 4.64. The maximum absolute atomic E-state index is 14.7. The highest BCUT2D eigenvalue weighted by atomic mass is 19.1. The van der Waals surface area contributed by atoms with Crippen LogP contribution in [0.4, 0.5) is 10.1 Å². The van der Waals surface area contributed by atoms with Gasteiger partial charge >= 0.3 is 0 Å². The van der Waals surface area contributed by atoms with Gasteiger partial charge in [0.2, 0.25) is 0 Å². The molecule has 6 heteroatoms. The molecular weight excluding hydrogens is 391 g/mol. The van der Waals surface area contributed by atoms with Crippen molar-refractivity contribution in [3.63, 3.8) is 0 Å². The van der Waals surface area contributed by atoms with Crippen molar-refractivity contribution in [2.24, 2.45) is 4.99 Å². The average Bonchev–Trinajstić information content (AvgIpc) is 2.80. The molecule has 2 aliphatic rings. The number of hydrogen-bond donors (Lipinski definition) is 0. The lowest BCUT2D eigenvalue weighted by atomic mass is 10.0. The van der Waals surface area contributed by atoms with Gasteiger partial charge < -0.3 is 9.80 Å². The molecule has 2 aliphatic heterocycles. The third-order valence-corrected chi connectivity index (χ3v) is 6.27. The number of aliphatic imine (C=N–C) groups is 1. The van der Waals surface area contributed by atoms with Crippen LogP contribution in [0, 0.1) is 5.82 Å². The Morgan fingerprint density at radius 3 is 2.81 bits per heavy atom. The lowest BCUT2D eigenvalue weighted by Gasteiger charge is -2.41. The van der Waals surface area contributed by atoms with Gasteiger partial charge in [0.15, 0.2) is 0 Å². The van der Waals surface area contributed by atoms with Gasteiger partial charge in [-0.2, -0.15) is 0 Å². The van der Waals surface area contributed by atoms with Gasteiger partial charge in [-0.15, -0.1) is 0 Å². The van der Waals surface area contributed by atoms with Gasteiger partial charge in [0, 0.05) is 49.7 Å². The summed E-state index contributed by atoms with van der Waals surface area (Å²) in [7, 11) is 0. The molecule has 2 aromatic carbocycles. The minimum Gasteiger partial charge on any atom is -0.347 e. The summed E-state index contributed by atoms with van der Waals surface area (Å²) in [6, 6.07) is 13.3. The Balaban J connectivity index is 1.51. The molecule has 0 unspecified atom stereocenters. The van der Waals surface area contributed by atoms with Crippen LogP contribution >= 0.6 is 0 Å². The van der Waals surface area contributed by atoms with Crippen LogP contribution in [0.15, 0.2) is 47.5 Å². The lowest BCUT2D eigenvalue weighted by molar-refractivity contribution is 0.0471. The zero-order valence-corrected chi connectivity index (χ0v) is 18.4. The van der Waals surface area contributed by atoms with Gasteiger partial charge in [-0.25, -0.2) is 4.39 Å². The van der Waals surface area contributed by atoms with Crippen LogP contribution in [0.2, 0.25) is 0 Å². The first-order valence-corrected chi connectivity index (χ1v) is 11.3. The topological polar surface area (TPSA) is 39.1 Å². The third-order valence-electron chi connectivity index (χ3n) is 6.27. The van der Waals surface area contributed by atoms with E-state index in [2.05, 4.69) is 34.7 Å². The van der Waals surface area contributed by atoms with E-state index in [1.54, 1.807) is 12.1 Å². The Kier molecular flexibility index (Phi) is 6.66. The number of benzene rings is 2. The molecule has 0 aliphatic carbocycles. The largest absolute Gasteiger partial charge is 0.347 e. The van der Waals surface area contributed by atoms with Gasteiger partial charge in [-0.05, 0) is 43.1 Å². The van der Waals surface area contributed by atoms with Crippen molar-refractivity contribution < 1.29 is 9.18 Å². The van der Waals surface area contributed by atoms with Gasteiger partial charge in [0.05, 0.1) is 5.56 Å². The first kappa shape index (κ1) is 21.5. The molecule has 4 rings (SSSR count). The summed E-state index contributed by atoms with van der Waals surface area (Å²) in [5, 5.41) is 0. The number of hydrogen-bond acceptors (Lipinski definition) is 4. The van der Waals surface area contributed by atoms with E-state index in [0.29, 0.717) is 32.3 Å². The summed E-state index contributed by atoms with van der Waals surface area (Å²) in [4.78, 5) is 24.1. The second kappa shape index (κ2) is 9.60. The van der Waals surface area contributed by atoms with Gasteiger partial charge in [0.25, 0.3) is 5.91 Å². The van der Waals surface area contributed by atoms with Crippen molar-refractivity contribution in [1.82, 2.24) is 9.80 Å². The van der Waals surface area contributed by atoms with Crippen molar-refractivity contribution in [1.29, 1.82) is 0 Å². The number of nitrogens with zero attached hydrogens (tertiary/aromatic N) is 4. The van der Waals surface area contributed by atoms with E-state index in [9.17, 15) is 9.18 Å². The van der Waals surface area contributed by atoms with E-state index in [-0.39, 0.29) is 11.5 Å². The first-order chi connectivity index (χ1) is 15.1. The Labute approximate surface area is 184 Å². The maximum Gasteiger partial charge on any atom is 0.256 e. The van der Waals surface area contributed by atoms with Crippen LogP contribution in [0.5, 0.6) is 0 Å². The Morgan fingerprint density at radius 2 is 2.00 bits per heavy atom. The molecule has 0 aromatic heterocycles. The SMILES string of the molecule is CCCN1CCN(C(=O)c2cc(CN3CN=Cc4ccccc43)ccc2F)C[C@H]1CC. The second-order valence-corrected chi connectivity index (χ2v) is 8.37. The average molecular weight is 423 g/mol. The van der Waals surface area contributed by atoms with Crippen LogP contribution in [-0.4, -0.2) is 60.8 Å². The Morgan fingerprint density at radius 1 is 1.16 bits per heavy atom. The molecule has 2 heterocycles. The number of halogens is 1. The Hall–Kier alpha value is -2.73. The monoisotopic (exact) mass is 422 g/mol. The highest BCUT2D eigenvalue weighted by Gasteiger charge is 2.29. The highest BCUT2D eigenvalue weighted by molar-refractivity contribution is 5.95. The standard InChI is InChI=1S/C25H31FN4O/c1-3-11-28-12-13-29(17-21(28)4-2)25(31)22-14-19(9-10-23(22)26)16-30-18-27-15-20-7-5-6-8-24(20)30/h5-10,14-15,21H,3-4,11-13,16-18H2,1-2H3/t21-/m1/s1. The van der Waals surface area contributed by atoms with Crippen LogP contribution < -0.4 is 4.90 Å². The molecule has 1 atom stereocenters. The minimum absolute atomic E-state index is 0.171. The van der Waals surface area contributed by atoms with E-state index in [1.807, 2.05) is 29.3 Å². The lowest BCUT2D eigenvalue weighted by Crippen LogP contribution is -2.54. The molecule has 1 fully saturated rings. The number of carbonyl (C=O) groups excluding carboxylic acids is 1. The maximum atomic E-state index is 14.7. The van der Waals surface area contributed by atoms with E-state index in [1.165, 1.54) is 6.07 Å². The number of para-hydroxylation sites is 1. The molecule has 0 saturated carbocycles. The number of amides is 1. The fourth-order valence-electron chi connectivity index (χ4n) is 4.61. The van der Waals surface area contributed by atoms with Gasteiger partial charge in [0.1, 0.15) is 12.5 Å². The molecule has 1 amide bonds. The van der Waals surface area contributed by atoms with Crippen LogP contribution in [0.3, 0.4) is 0 Å². The van der Waals surface area contributed by atoms with Crippen molar-refractivity contribution >= 4 is 17.8 Å². The summed E-state index contributed by atoms with van der Waals surface area (Å²) in [6.45, 7) is 8.66. The molecule has 5 nitrogen and oxygen atoms in total. The van der Waals surface area contributed by atoms with Crippen molar-refractivity contribution in [2.45, 2.75) is 39.3 Å². The summed E-state index contributed by atoms with van der Waals surface area (Å²) in [6.07, 6.45) is 3.97. The summed E-state index contributed by atoms with van der Waals surface area (Å²) in [5.41, 5.74) is 3.26. The van der Waals surface area contributed by atoms with Crippen LogP contribution in [-0.2, 0) is 6.54 Å². The molecule has 31 heavy (non-hydrogen) atoms. The molecule has 0 N–H and O–H groups in total. The van der Waals surface area contributed by atoms with Crippen molar-refractivity contribution in [3.8, 4) is 0 Å². The smallest absolute Gasteiger partial charge is 0.256 e. The van der Waals surface area contributed by atoms with Gasteiger partial charge in [-0.1, -0.05) is 38.1 Å². The minimum atomic E-state index is -0.449.